The number of ketones is 2. The third-order valence-electron chi connectivity index (χ3n) is 4.44. The maximum absolute atomic E-state index is 12.9. The van der Waals surface area contributed by atoms with Crippen LogP contribution in [0.25, 0.3) is 10.8 Å². The van der Waals surface area contributed by atoms with Gasteiger partial charge in [-0.25, -0.2) is 0 Å². The van der Waals surface area contributed by atoms with Crippen LogP contribution in [0.5, 0.6) is 0 Å². The number of pyridine rings is 1. The first-order chi connectivity index (χ1) is 12.6. The van der Waals surface area contributed by atoms with Crippen LogP contribution in [0, 0.1) is 0 Å². The van der Waals surface area contributed by atoms with E-state index in [1.807, 2.05) is 42.5 Å². The fourth-order valence-electron chi connectivity index (χ4n) is 3.06. The molecule has 2 heterocycles. The SMILES string of the molecule is Cn1cc(C(=O)c2ccc3ccccc3c2)cc1C(=O)c1cccnc1. The highest BCUT2D eigenvalue weighted by molar-refractivity contribution is 6.13. The van der Waals surface area contributed by atoms with Crippen LogP contribution in [-0.4, -0.2) is 21.1 Å². The molecule has 0 atom stereocenters. The van der Waals surface area contributed by atoms with Crippen LogP contribution in [0.15, 0.2) is 79.3 Å². The molecule has 0 N–H and O–H groups in total. The zero-order chi connectivity index (χ0) is 18.1. The number of carbonyl (C=O) groups excluding carboxylic acids is 2. The van der Waals surface area contributed by atoms with E-state index < -0.39 is 0 Å². The molecular weight excluding hydrogens is 324 g/mol. The molecule has 0 saturated carbocycles. The Hall–Kier alpha value is -3.53. The summed E-state index contributed by atoms with van der Waals surface area (Å²) in [7, 11) is 1.76. The number of fused-ring (bicyclic) bond motifs is 1. The molecule has 126 valence electrons. The molecule has 0 radical (unpaired) electrons. The molecule has 0 amide bonds. The Balaban J connectivity index is 1.69. The summed E-state index contributed by atoms with van der Waals surface area (Å²) >= 11 is 0. The fraction of sp³-hybridized carbons (Fsp3) is 0.0455. The Morgan fingerprint density at radius 1 is 0.808 bits per heavy atom. The van der Waals surface area contributed by atoms with E-state index in [1.165, 1.54) is 6.20 Å². The topological polar surface area (TPSA) is 52.0 Å². The van der Waals surface area contributed by atoms with E-state index in [1.54, 1.807) is 42.2 Å². The first kappa shape index (κ1) is 16.0. The second-order valence-electron chi connectivity index (χ2n) is 6.19. The van der Waals surface area contributed by atoms with Crippen molar-refractivity contribution in [2.75, 3.05) is 0 Å². The number of benzene rings is 2. The normalized spacial score (nSPS) is 10.8. The van der Waals surface area contributed by atoms with Gasteiger partial charge in [0, 0.05) is 42.3 Å². The Kier molecular flexibility index (Phi) is 3.93. The van der Waals surface area contributed by atoms with Gasteiger partial charge in [-0.3, -0.25) is 14.6 Å². The summed E-state index contributed by atoms with van der Waals surface area (Å²) in [4.78, 5) is 29.5. The smallest absolute Gasteiger partial charge is 0.210 e. The maximum Gasteiger partial charge on any atom is 0.210 e. The van der Waals surface area contributed by atoms with Gasteiger partial charge >= 0.3 is 0 Å². The number of aryl methyl sites for hydroxylation is 1. The average molecular weight is 340 g/mol. The van der Waals surface area contributed by atoms with Gasteiger partial charge in [0.05, 0.1) is 5.69 Å². The highest BCUT2D eigenvalue weighted by atomic mass is 16.1. The molecule has 4 nitrogen and oxygen atoms in total. The monoisotopic (exact) mass is 340 g/mol. The van der Waals surface area contributed by atoms with Gasteiger partial charge in [0.1, 0.15) is 0 Å². The largest absolute Gasteiger partial charge is 0.347 e. The molecule has 0 unspecified atom stereocenters. The molecular formula is C22H16N2O2. The van der Waals surface area contributed by atoms with E-state index in [0.717, 1.165) is 10.8 Å². The van der Waals surface area contributed by atoms with Gasteiger partial charge in [0.15, 0.2) is 5.78 Å². The van der Waals surface area contributed by atoms with Crippen LogP contribution in [0.4, 0.5) is 0 Å². The lowest BCUT2D eigenvalue weighted by Crippen LogP contribution is -2.06. The van der Waals surface area contributed by atoms with Crippen LogP contribution in [0.2, 0.25) is 0 Å². The molecule has 0 spiro atoms. The highest BCUT2D eigenvalue weighted by Crippen LogP contribution is 2.20. The van der Waals surface area contributed by atoms with E-state index in [0.29, 0.717) is 22.4 Å². The molecule has 0 aliphatic rings. The molecule has 4 aromatic rings. The molecule has 0 aliphatic heterocycles. The van der Waals surface area contributed by atoms with Crippen molar-refractivity contribution >= 4 is 22.3 Å². The molecule has 4 heteroatoms. The van der Waals surface area contributed by atoms with E-state index in [2.05, 4.69) is 4.98 Å². The molecule has 0 fully saturated rings. The summed E-state index contributed by atoms with van der Waals surface area (Å²) in [6.07, 6.45) is 4.84. The first-order valence-electron chi connectivity index (χ1n) is 8.28. The lowest BCUT2D eigenvalue weighted by Gasteiger charge is -2.01. The number of nitrogens with zero attached hydrogens (tertiary/aromatic N) is 2. The fourth-order valence-corrected chi connectivity index (χ4v) is 3.06. The average Bonchev–Trinajstić information content (AvgIpc) is 3.08. The van der Waals surface area contributed by atoms with Crippen LogP contribution in [0.3, 0.4) is 0 Å². The Morgan fingerprint density at radius 2 is 1.62 bits per heavy atom. The third kappa shape index (κ3) is 2.82. The summed E-state index contributed by atoms with van der Waals surface area (Å²) in [6, 6.07) is 18.6. The molecule has 0 aliphatic carbocycles. The van der Waals surface area contributed by atoms with E-state index >= 15 is 0 Å². The second kappa shape index (κ2) is 6.41. The van der Waals surface area contributed by atoms with Gasteiger partial charge in [-0.05, 0) is 35.0 Å². The summed E-state index contributed by atoms with van der Waals surface area (Å²) < 4.78 is 1.68. The van der Waals surface area contributed by atoms with Crippen molar-refractivity contribution in [3.63, 3.8) is 0 Å². The Bertz CT molecular complexity index is 1130. The van der Waals surface area contributed by atoms with Gasteiger partial charge in [-0.1, -0.05) is 36.4 Å². The quantitative estimate of drug-likeness (QED) is 0.527. The first-order valence-corrected chi connectivity index (χ1v) is 8.28. The lowest BCUT2D eigenvalue weighted by molar-refractivity contribution is 0.102. The number of aromatic nitrogens is 2. The van der Waals surface area contributed by atoms with Gasteiger partial charge in [-0.15, -0.1) is 0 Å². The summed E-state index contributed by atoms with van der Waals surface area (Å²) in [6.45, 7) is 0. The Morgan fingerprint density at radius 3 is 2.38 bits per heavy atom. The zero-order valence-corrected chi connectivity index (χ0v) is 14.2. The maximum atomic E-state index is 12.9. The predicted octanol–water partition coefficient (Wildman–Crippen LogP) is 4.04. The summed E-state index contributed by atoms with van der Waals surface area (Å²) in [5.41, 5.74) is 2.06. The van der Waals surface area contributed by atoms with Crippen LogP contribution in [0.1, 0.15) is 32.0 Å². The summed E-state index contributed by atoms with van der Waals surface area (Å²) in [5, 5.41) is 2.10. The number of carbonyl (C=O) groups is 2. The molecule has 2 aromatic heterocycles. The summed E-state index contributed by atoms with van der Waals surface area (Å²) in [5.74, 6) is -0.255. The number of hydrogen-bond acceptors (Lipinski definition) is 3. The van der Waals surface area contributed by atoms with Gasteiger partial charge < -0.3 is 4.57 Å². The van der Waals surface area contributed by atoms with Crippen LogP contribution < -0.4 is 0 Å². The van der Waals surface area contributed by atoms with Crippen molar-refractivity contribution in [2.24, 2.45) is 7.05 Å². The van der Waals surface area contributed by atoms with E-state index in [4.69, 9.17) is 0 Å². The van der Waals surface area contributed by atoms with Crippen LogP contribution >= 0.6 is 0 Å². The van der Waals surface area contributed by atoms with Gasteiger partial charge in [0.25, 0.3) is 0 Å². The minimum absolute atomic E-state index is 0.100. The standard InChI is InChI=1S/C22H16N2O2/c1-24-14-19(12-20(24)22(26)18-7-4-10-23-13-18)21(25)17-9-8-15-5-2-3-6-16(15)11-17/h2-14H,1H3. The zero-order valence-electron chi connectivity index (χ0n) is 14.2. The third-order valence-corrected chi connectivity index (χ3v) is 4.44. The number of rotatable bonds is 4. The van der Waals surface area contributed by atoms with Gasteiger partial charge in [-0.2, -0.15) is 0 Å². The van der Waals surface area contributed by atoms with Crippen molar-refractivity contribution < 1.29 is 9.59 Å². The molecule has 0 bridgehead atoms. The van der Waals surface area contributed by atoms with E-state index in [9.17, 15) is 9.59 Å². The molecule has 0 saturated heterocycles. The Labute approximate surface area is 150 Å². The molecule has 4 rings (SSSR count). The van der Waals surface area contributed by atoms with Crippen LogP contribution in [-0.2, 0) is 7.05 Å². The number of hydrogen-bond donors (Lipinski definition) is 0. The minimum atomic E-state index is -0.154. The molecule has 26 heavy (non-hydrogen) atoms. The van der Waals surface area contributed by atoms with Crippen molar-refractivity contribution in [3.8, 4) is 0 Å². The van der Waals surface area contributed by atoms with Crippen molar-refractivity contribution in [1.82, 2.24) is 9.55 Å². The van der Waals surface area contributed by atoms with Gasteiger partial charge in [0.2, 0.25) is 5.78 Å². The highest BCUT2D eigenvalue weighted by Gasteiger charge is 2.18. The predicted molar refractivity (Wildman–Crippen MR) is 100 cm³/mol. The van der Waals surface area contributed by atoms with E-state index in [-0.39, 0.29) is 11.6 Å². The van der Waals surface area contributed by atoms with Crippen molar-refractivity contribution in [2.45, 2.75) is 0 Å². The lowest BCUT2D eigenvalue weighted by atomic mass is 10.0. The minimum Gasteiger partial charge on any atom is -0.347 e. The second-order valence-corrected chi connectivity index (χ2v) is 6.19. The van der Waals surface area contributed by atoms with Crippen molar-refractivity contribution in [1.29, 1.82) is 0 Å². The molecule has 2 aromatic carbocycles. The van der Waals surface area contributed by atoms with Crippen molar-refractivity contribution in [3.05, 3.63) is 102 Å².